The monoisotopic (exact) mass is 211 g/mol. The van der Waals surface area contributed by atoms with Gasteiger partial charge in [0, 0.05) is 52.2 Å². The lowest BCUT2D eigenvalue weighted by molar-refractivity contribution is -0.130. The van der Waals surface area contributed by atoms with E-state index >= 15 is 0 Å². The van der Waals surface area contributed by atoms with Gasteiger partial charge in [0.15, 0.2) is 0 Å². The summed E-state index contributed by atoms with van der Waals surface area (Å²) in [5, 5.41) is 3.37. The summed E-state index contributed by atoms with van der Waals surface area (Å²) in [4.78, 5) is 15.7. The maximum absolute atomic E-state index is 11.2. The Bertz CT molecular complexity index is 218. The Kier molecular flexibility index (Phi) is 3.59. The average molecular weight is 211 g/mol. The molecule has 4 heteroatoms. The van der Waals surface area contributed by atoms with Gasteiger partial charge in [0.05, 0.1) is 0 Å². The molecular weight excluding hydrogens is 190 g/mol. The minimum atomic E-state index is 0.230. The van der Waals surface area contributed by atoms with Crippen LogP contribution in [-0.2, 0) is 4.79 Å². The van der Waals surface area contributed by atoms with Gasteiger partial charge in [-0.05, 0) is 12.8 Å². The summed E-state index contributed by atoms with van der Waals surface area (Å²) in [7, 11) is 0. The van der Waals surface area contributed by atoms with Crippen LogP contribution in [0.5, 0.6) is 0 Å². The number of carbonyl (C=O) groups excluding carboxylic acids is 1. The predicted octanol–water partition coefficient (Wildman–Crippen LogP) is -0.0975. The van der Waals surface area contributed by atoms with Crippen LogP contribution in [0.1, 0.15) is 19.8 Å². The van der Waals surface area contributed by atoms with Crippen molar-refractivity contribution in [3.63, 3.8) is 0 Å². The van der Waals surface area contributed by atoms with Crippen LogP contribution in [0.3, 0.4) is 0 Å². The van der Waals surface area contributed by atoms with Gasteiger partial charge < -0.3 is 10.2 Å². The van der Waals surface area contributed by atoms with Gasteiger partial charge in [-0.15, -0.1) is 0 Å². The van der Waals surface area contributed by atoms with Gasteiger partial charge in [-0.2, -0.15) is 0 Å². The van der Waals surface area contributed by atoms with E-state index in [4.69, 9.17) is 0 Å². The molecule has 4 nitrogen and oxygen atoms in total. The highest BCUT2D eigenvalue weighted by atomic mass is 16.2. The molecule has 0 unspecified atom stereocenters. The van der Waals surface area contributed by atoms with Crippen molar-refractivity contribution in [2.24, 2.45) is 0 Å². The van der Waals surface area contributed by atoms with Crippen molar-refractivity contribution in [3.8, 4) is 0 Å². The molecule has 0 aromatic heterocycles. The molecule has 1 amide bonds. The lowest BCUT2D eigenvalue weighted by atomic mass is 10.0. The molecule has 2 fully saturated rings. The maximum atomic E-state index is 11.2. The summed E-state index contributed by atoms with van der Waals surface area (Å²) in [5.41, 5.74) is 0. The largest absolute Gasteiger partial charge is 0.343 e. The normalized spacial score (nSPS) is 25.5. The van der Waals surface area contributed by atoms with E-state index in [1.54, 1.807) is 6.92 Å². The molecule has 0 aromatic rings. The zero-order valence-corrected chi connectivity index (χ0v) is 9.54. The topological polar surface area (TPSA) is 35.6 Å². The van der Waals surface area contributed by atoms with Crippen molar-refractivity contribution in [1.29, 1.82) is 0 Å². The molecule has 0 spiro atoms. The van der Waals surface area contributed by atoms with Crippen LogP contribution >= 0.6 is 0 Å². The highest BCUT2D eigenvalue weighted by molar-refractivity contribution is 5.73. The molecule has 86 valence electrons. The Hall–Kier alpha value is -0.610. The first kappa shape index (κ1) is 10.9. The molecule has 1 N–H and O–H groups in total. The number of carbonyl (C=O) groups is 1. The van der Waals surface area contributed by atoms with Gasteiger partial charge in [-0.25, -0.2) is 0 Å². The minimum absolute atomic E-state index is 0.230. The van der Waals surface area contributed by atoms with Gasteiger partial charge >= 0.3 is 0 Å². The zero-order valence-electron chi connectivity index (χ0n) is 9.54. The molecule has 0 aromatic carbocycles. The van der Waals surface area contributed by atoms with Gasteiger partial charge in [0.1, 0.15) is 0 Å². The minimum Gasteiger partial charge on any atom is -0.343 e. The molecule has 15 heavy (non-hydrogen) atoms. The fraction of sp³-hybridized carbons (Fsp3) is 0.909. The van der Waals surface area contributed by atoms with Crippen LogP contribution in [0.15, 0.2) is 0 Å². The molecule has 2 aliphatic rings. The number of piperidine rings is 1. The standard InChI is InChI=1S/C11H21N3O/c1-10(15)13-6-2-11(3-7-13)14-8-4-12-5-9-14/h11-12H,2-9H2,1H3. The van der Waals surface area contributed by atoms with Crippen LogP contribution in [0, 0.1) is 0 Å². The smallest absolute Gasteiger partial charge is 0.219 e. The van der Waals surface area contributed by atoms with Crippen molar-refractivity contribution in [1.82, 2.24) is 15.1 Å². The van der Waals surface area contributed by atoms with Crippen molar-refractivity contribution >= 4 is 5.91 Å². The summed E-state index contributed by atoms with van der Waals surface area (Å²) in [6, 6.07) is 0.711. The van der Waals surface area contributed by atoms with Crippen molar-refractivity contribution in [3.05, 3.63) is 0 Å². The van der Waals surface area contributed by atoms with Crippen LogP contribution in [0.2, 0.25) is 0 Å². The quantitative estimate of drug-likeness (QED) is 0.658. The van der Waals surface area contributed by atoms with Gasteiger partial charge in [-0.3, -0.25) is 9.69 Å². The first-order valence-corrected chi connectivity index (χ1v) is 5.97. The number of nitrogens with zero attached hydrogens (tertiary/aromatic N) is 2. The molecule has 2 saturated heterocycles. The molecule has 2 rings (SSSR count). The Balaban J connectivity index is 1.79. The summed E-state index contributed by atoms with van der Waals surface area (Å²) in [5.74, 6) is 0.230. The Morgan fingerprint density at radius 2 is 1.73 bits per heavy atom. The summed E-state index contributed by atoms with van der Waals surface area (Å²) in [6.45, 7) is 8.15. The van der Waals surface area contributed by atoms with Crippen LogP contribution < -0.4 is 5.32 Å². The molecule has 0 radical (unpaired) electrons. The summed E-state index contributed by atoms with van der Waals surface area (Å²) >= 11 is 0. The highest BCUT2D eigenvalue weighted by Crippen LogP contribution is 2.16. The van der Waals surface area contributed by atoms with Gasteiger partial charge in [-0.1, -0.05) is 0 Å². The number of likely N-dealkylation sites (tertiary alicyclic amines) is 1. The number of amides is 1. The zero-order chi connectivity index (χ0) is 10.7. The second-order valence-corrected chi connectivity index (χ2v) is 4.52. The molecule has 0 aliphatic carbocycles. The molecular formula is C11H21N3O. The Morgan fingerprint density at radius 1 is 1.13 bits per heavy atom. The van der Waals surface area contributed by atoms with Crippen LogP contribution in [0.4, 0.5) is 0 Å². The summed E-state index contributed by atoms with van der Waals surface area (Å²) < 4.78 is 0. The number of rotatable bonds is 1. The van der Waals surface area contributed by atoms with Crippen LogP contribution in [0.25, 0.3) is 0 Å². The van der Waals surface area contributed by atoms with Crippen LogP contribution in [-0.4, -0.2) is 61.0 Å². The van der Waals surface area contributed by atoms with Gasteiger partial charge in [0.2, 0.25) is 5.91 Å². The van der Waals surface area contributed by atoms with E-state index in [1.807, 2.05) is 4.90 Å². The molecule has 2 aliphatic heterocycles. The third kappa shape index (κ3) is 2.69. The van der Waals surface area contributed by atoms with Crippen molar-refractivity contribution in [2.75, 3.05) is 39.3 Å². The Morgan fingerprint density at radius 3 is 2.27 bits per heavy atom. The number of piperazine rings is 1. The average Bonchev–Trinajstić information content (AvgIpc) is 2.30. The molecule has 0 saturated carbocycles. The third-order valence-corrected chi connectivity index (χ3v) is 3.58. The lowest BCUT2D eigenvalue weighted by Gasteiger charge is -2.40. The molecule has 0 bridgehead atoms. The van der Waals surface area contributed by atoms with E-state index in [2.05, 4.69) is 10.2 Å². The third-order valence-electron chi connectivity index (χ3n) is 3.58. The predicted molar refractivity (Wildman–Crippen MR) is 59.7 cm³/mol. The van der Waals surface area contributed by atoms with E-state index in [-0.39, 0.29) is 5.91 Å². The first-order chi connectivity index (χ1) is 7.27. The fourth-order valence-corrected chi connectivity index (χ4v) is 2.59. The second-order valence-electron chi connectivity index (χ2n) is 4.52. The van der Waals surface area contributed by atoms with Crippen molar-refractivity contribution in [2.45, 2.75) is 25.8 Å². The van der Waals surface area contributed by atoms with E-state index in [1.165, 1.54) is 13.1 Å². The molecule has 2 heterocycles. The van der Waals surface area contributed by atoms with E-state index in [0.717, 1.165) is 39.0 Å². The summed E-state index contributed by atoms with van der Waals surface area (Å²) in [6.07, 6.45) is 2.30. The van der Waals surface area contributed by atoms with E-state index in [9.17, 15) is 4.79 Å². The van der Waals surface area contributed by atoms with Crippen molar-refractivity contribution < 1.29 is 4.79 Å². The molecule has 0 atom stereocenters. The highest BCUT2D eigenvalue weighted by Gasteiger charge is 2.25. The van der Waals surface area contributed by atoms with E-state index < -0.39 is 0 Å². The number of hydrogen-bond acceptors (Lipinski definition) is 3. The number of hydrogen-bond donors (Lipinski definition) is 1. The SMILES string of the molecule is CC(=O)N1CCC(N2CCNCC2)CC1. The Labute approximate surface area is 91.6 Å². The maximum Gasteiger partial charge on any atom is 0.219 e. The second kappa shape index (κ2) is 4.94. The lowest BCUT2D eigenvalue weighted by Crippen LogP contribution is -2.52. The number of nitrogens with one attached hydrogen (secondary N) is 1. The van der Waals surface area contributed by atoms with E-state index in [0.29, 0.717) is 6.04 Å². The van der Waals surface area contributed by atoms with Gasteiger partial charge in [0.25, 0.3) is 0 Å². The first-order valence-electron chi connectivity index (χ1n) is 5.97. The fourth-order valence-electron chi connectivity index (χ4n) is 2.59.